The number of carbonyl (C=O) groups excluding carboxylic acids is 1. The van der Waals surface area contributed by atoms with Crippen molar-refractivity contribution < 1.29 is 9.53 Å². The first-order valence-electron chi connectivity index (χ1n) is 3.90. The SMILES string of the molecule is COC(=O)N1C2CNCC1C2. The van der Waals surface area contributed by atoms with Crippen LogP contribution in [0.2, 0.25) is 0 Å². The summed E-state index contributed by atoms with van der Waals surface area (Å²) in [5, 5.41) is 3.24. The van der Waals surface area contributed by atoms with Gasteiger partial charge in [0.15, 0.2) is 0 Å². The average Bonchev–Trinajstić information content (AvgIpc) is 2.05. The number of amides is 1. The van der Waals surface area contributed by atoms with Crippen LogP contribution in [-0.4, -0.2) is 43.3 Å². The molecule has 1 amide bonds. The van der Waals surface area contributed by atoms with Gasteiger partial charge in [0.05, 0.1) is 7.11 Å². The molecule has 62 valence electrons. The number of piperazine rings is 1. The Labute approximate surface area is 65.5 Å². The number of hydrogen-bond donors (Lipinski definition) is 1. The van der Waals surface area contributed by atoms with Gasteiger partial charge in [-0.1, -0.05) is 0 Å². The quantitative estimate of drug-likeness (QED) is 0.528. The second kappa shape index (κ2) is 2.37. The normalized spacial score (nSPS) is 34.5. The molecule has 0 spiro atoms. The Morgan fingerprint density at radius 1 is 1.55 bits per heavy atom. The molecule has 2 unspecified atom stereocenters. The molecule has 3 aliphatic rings. The highest BCUT2D eigenvalue weighted by molar-refractivity contribution is 5.69. The molecule has 4 heteroatoms. The number of piperidine rings is 1. The molecule has 1 N–H and O–H groups in total. The number of carbonyl (C=O) groups is 1. The van der Waals surface area contributed by atoms with E-state index in [1.165, 1.54) is 7.11 Å². The van der Waals surface area contributed by atoms with E-state index in [1.807, 2.05) is 4.90 Å². The van der Waals surface area contributed by atoms with E-state index in [2.05, 4.69) is 10.1 Å². The van der Waals surface area contributed by atoms with Crippen molar-refractivity contribution in [3.8, 4) is 0 Å². The van der Waals surface area contributed by atoms with E-state index in [4.69, 9.17) is 0 Å². The fraction of sp³-hybridized carbons (Fsp3) is 0.857. The molecule has 3 heterocycles. The van der Waals surface area contributed by atoms with Crippen LogP contribution in [0.3, 0.4) is 0 Å². The fourth-order valence-corrected chi connectivity index (χ4v) is 1.88. The number of hydrogen-bond acceptors (Lipinski definition) is 3. The summed E-state index contributed by atoms with van der Waals surface area (Å²) in [6.45, 7) is 1.84. The highest BCUT2D eigenvalue weighted by Gasteiger charge is 2.44. The lowest BCUT2D eigenvalue weighted by atomic mass is 9.90. The molecule has 3 rings (SSSR count). The number of nitrogens with zero attached hydrogens (tertiary/aromatic N) is 1. The van der Waals surface area contributed by atoms with Gasteiger partial charge in [0.1, 0.15) is 0 Å². The van der Waals surface area contributed by atoms with Crippen molar-refractivity contribution in [2.45, 2.75) is 18.5 Å². The first-order chi connectivity index (χ1) is 5.33. The van der Waals surface area contributed by atoms with Gasteiger partial charge in [-0.2, -0.15) is 0 Å². The monoisotopic (exact) mass is 156 g/mol. The largest absolute Gasteiger partial charge is 0.453 e. The Morgan fingerprint density at radius 3 is 2.64 bits per heavy atom. The molecule has 11 heavy (non-hydrogen) atoms. The van der Waals surface area contributed by atoms with Crippen molar-refractivity contribution in [2.24, 2.45) is 0 Å². The molecular weight excluding hydrogens is 144 g/mol. The molecule has 0 saturated carbocycles. The van der Waals surface area contributed by atoms with Crippen LogP contribution in [0.25, 0.3) is 0 Å². The Bertz CT molecular complexity index is 169. The van der Waals surface area contributed by atoms with Crippen LogP contribution in [0, 0.1) is 0 Å². The van der Waals surface area contributed by atoms with Crippen molar-refractivity contribution in [3.05, 3.63) is 0 Å². The molecule has 3 saturated heterocycles. The van der Waals surface area contributed by atoms with Crippen LogP contribution in [0.1, 0.15) is 6.42 Å². The molecular formula is C7H12N2O2. The predicted octanol–water partition coefficient (Wildman–Crippen LogP) is -0.201. The third kappa shape index (κ3) is 0.894. The second-order valence-corrected chi connectivity index (χ2v) is 3.08. The zero-order valence-corrected chi connectivity index (χ0v) is 6.54. The summed E-state index contributed by atoms with van der Waals surface area (Å²) in [5.74, 6) is 0. The Kier molecular flexibility index (Phi) is 1.49. The Balaban J connectivity index is 2.00. The van der Waals surface area contributed by atoms with Gasteiger partial charge in [0.25, 0.3) is 0 Å². The van der Waals surface area contributed by atoms with E-state index in [1.54, 1.807) is 0 Å². The summed E-state index contributed by atoms with van der Waals surface area (Å²) in [7, 11) is 1.43. The van der Waals surface area contributed by atoms with Crippen molar-refractivity contribution in [1.82, 2.24) is 10.2 Å². The number of fused-ring (bicyclic) bond motifs is 2. The Morgan fingerprint density at radius 2 is 2.18 bits per heavy atom. The summed E-state index contributed by atoms with van der Waals surface area (Å²) < 4.78 is 4.65. The minimum Gasteiger partial charge on any atom is -0.453 e. The molecule has 0 radical (unpaired) electrons. The summed E-state index contributed by atoms with van der Waals surface area (Å²) in [6.07, 6.45) is 0.968. The van der Waals surface area contributed by atoms with Gasteiger partial charge < -0.3 is 10.1 Å². The highest BCUT2D eigenvalue weighted by Crippen LogP contribution is 2.28. The zero-order chi connectivity index (χ0) is 7.84. The van der Waals surface area contributed by atoms with Gasteiger partial charge in [-0.3, -0.25) is 4.90 Å². The van der Waals surface area contributed by atoms with Crippen LogP contribution < -0.4 is 5.32 Å². The molecule has 0 aromatic carbocycles. The fourth-order valence-electron chi connectivity index (χ4n) is 1.88. The lowest BCUT2D eigenvalue weighted by Gasteiger charge is -2.51. The topological polar surface area (TPSA) is 41.6 Å². The number of methoxy groups -OCH3 is 1. The van der Waals surface area contributed by atoms with Crippen LogP contribution in [0.5, 0.6) is 0 Å². The lowest BCUT2D eigenvalue weighted by molar-refractivity contribution is -0.00652. The molecule has 2 atom stereocenters. The molecule has 4 nitrogen and oxygen atoms in total. The van der Waals surface area contributed by atoms with E-state index < -0.39 is 0 Å². The van der Waals surface area contributed by atoms with Crippen molar-refractivity contribution in [2.75, 3.05) is 20.2 Å². The molecule has 0 aliphatic carbocycles. The van der Waals surface area contributed by atoms with Gasteiger partial charge in [-0.05, 0) is 6.42 Å². The van der Waals surface area contributed by atoms with Crippen molar-refractivity contribution in [3.63, 3.8) is 0 Å². The molecule has 0 aromatic rings. The third-order valence-electron chi connectivity index (χ3n) is 2.48. The van der Waals surface area contributed by atoms with E-state index in [0.717, 1.165) is 19.5 Å². The number of nitrogens with one attached hydrogen (secondary N) is 1. The van der Waals surface area contributed by atoms with Gasteiger partial charge in [0.2, 0.25) is 0 Å². The summed E-state index contributed by atoms with van der Waals surface area (Å²) in [5.41, 5.74) is 0. The van der Waals surface area contributed by atoms with E-state index >= 15 is 0 Å². The molecule has 3 fully saturated rings. The van der Waals surface area contributed by atoms with Crippen LogP contribution in [-0.2, 0) is 4.74 Å². The van der Waals surface area contributed by atoms with E-state index in [0.29, 0.717) is 12.1 Å². The van der Waals surface area contributed by atoms with Gasteiger partial charge in [-0.15, -0.1) is 0 Å². The predicted molar refractivity (Wildman–Crippen MR) is 39.3 cm³/mol. The van der Waals surface area contributed by atoms with E-state index in [-0.39, 0.29) is 6.09 Å². The maximum absolute atomic E-state index is 11.1. The first kappa shape index (κ1) is 6.91. The van der Waals surface area contributed by atoms with Crippen molar-refractivity contribution in [1.29, 1.82) is 0 Å². The summed E-state index contributed by atoms with van der Waals surface area (Å²) in [4.78, 5) is 12.9. The van der Waals surface area contributed by atoms with Crippen LogP contribution in [0.15, 0.2) is 0 Å². The minimum atomic E-state index is -0.173. The Hall–Kier alpha value is -0.770. The van der Waals surface area contributed by atoms with E-state index in [9.17, 15) is 4.79 Å². The van der Waals surface area contributed by atoms with Crippen molar-refractivity contribution >= 4 is 6.09 Å². The molecule has 0 aromatic heterocycles. The van der Waals surface area contributed by atoms with Crippen LogP contribution >= 0.6 is 0 Å². The van der Waals surface area contributed by atoms with Gasteiger partial charge in [0, 0.05) is 25.2 Å². The van der Waals surface area contributed by atoms with Gasteiger partial charge in [-0.25, -0.2) is 4.79 Å². The second-order valence-electron chi connectivity index (χ2n) is 3.08. The minimum absolute atomic E-state index is 0.173. The number of rotatable bonds is 0. The third-order valence-corrected chi connectivity index (χ3v) is 2.48. The number of ether oxygens (including phenoxy) is 1. The zero-order valence-electron chi connectivity index (χ0n) is 6.54. The first-order valence-corrected chi connectivity index (χ1v) is 3.90. The smallest absolute Gasteiger partial charge is 0.410 e. The lowest BCUT2D eigenvalue weighted by Crippen LogP contribution is -2.69. The maximum Gasteiger partial charge on any atom is 0.410 e. The van der Waals surface area contributed by atoms with Gasteiger partial charge >= 0.3 is 6.09 Å². The molecule has 2 bridgehead atoms. The average molecular weight is 156 g/mol. The maximum atomic E-state index is 11.1. The summed E-state index contributed by atoms with van der Waals surface area (Å²) >= 11 is 0. The van der Waals surface area contributed by atoms with Crippen LogP contribution in [0.4, 0.5) is 4.79 Å². The standard InChI is InChI=1S/C7H12N2O2/c1-11-7(10)9-5-2-6(9)4-8-3-5/h5-6,8H,2-4H2,1H3. The molecule has 3 aliphatic heterocycles. The summed E-state index contributed by atoms with van der Waals surface area (Å²) in [6, 6.07) is 0.780. The highest BCUT2D eigenvalue weighted by atomic mass is 16.5.